The van der Waals surface area contributed by atoms with E-state index in [4.69, 9.17) is 51.8 Å². The van der Waals surface area contributed by atoms with Gasteiger partial charge in [0, 0.05) is 8.95 Å². The molecule has 0 aliphatic heterocycles. The number of alkyl carbamates (subject to hydrolysis) is 1. The Kier molecular flexibility index (Phi) is 9.31. The number of amides is 1. The van der Waals surface area contributed by atoms with E-state index >= 15 is 0 Å². The number of thiocarbonyl (C=S) groups is 1. The van der Waals surface area contributed by atoms with Crippen LogP contribution >= 0.6 is 78.9 Å². The lowest BCUT2D eigenvalue weighted by Crippen LogP contribution is -2.56. The second-order valence-corrected chi connectivity index (χ2v) is 10.4. The van der Waals surface area contributed by atoms with Gasteiger partial charge in [-0.25, -0.2) is 4.79 Å². The van der Waals surface area contributed by atoms with Gasteiger partial charge in [0.05, 0.1) is 5.69 Å². The highest BCUT2D eigenvalue weighted by molar-refractivity contribution is 9.11. The van der Waals surface area contributed by atoms with Crippen LogP contribution in [0.2, 0.25) is 0 Å². The van der Waals surface area contributed by atoms with Crippen molar-refractivity contribution in [2.24, 2.45) is 0 Å². The Morgan fingerprint density at radius 3 is 2.41 bits per heavy atom. The average molecular weight is 605 g/mol. The maximum Gasteiger partial charge on any atom is 0.409 e. The molecular formula is C18H16Br2Cl3N3O2S. The van der Waals surface area contributed by atoms with Crippen molar-refractivity contribution >= 4 is 95.8 Å². The number of benzene rings is 2. The lowest BCUT2D eigenvalue weighted by atomic mass is 10.2. The second kappa shape index (κ2) is 11.0. The molecule has 11 heteroatoms. The number of halogens is 5. The number of rotatable bonds is 5. The van der Waals surface area contributed by atoms with Gasteiger partial charge < -0.3 is 15.4 Å². The van der Waals surface area contributed by atoms with Crippen LogP contribution in [0.25, 0.3) is 0 Å². The zero-order chi connectivity index (χ0) is 21.6. The number of aryl methyl sites for hydroxylation is 1. The average Bonchev–Trinajstić information content (AvgIpc) is 2.62. The summed E-state index contributed by atoms with van der Waals surface area (Å²) >= 11 is 30.1. The van der Waals surface area contributed by atoms with Crippen LogP contribution in [0, 0.1) is 6.92 Å². The predicted octanol–water partition coefficient (Wildman–Crippen LogP) is 6.43. The first-order valence-electron chi connectivity index (χ1n) is 8.13. The van der Waals surface area contributed by atoms with Crippen LogP contribution in [0.3, 0.4) is 0 Å². The van der Waals surface area contributed by atoms with E-state index in [2.05, 4.69) is 47.8 Å². The van der Waals surface area contributed by atoms with E-state index in [9.17, 15) is 4.79 Å². The molecule has 3 N–H and O–H groups in total. The van der Waals surface area contributed by atoms with Crippen molar-refractivity contribution < 1.29 is 9.53 Å². The lowest BCUT2D eigenvalue weighted by molar-refractivity contribution is 0.135. The summed E-state index contributed by atoms with van der Waals surface area (Å²) in [6.45, 7) is 1.99. The van der Waals surface area contributed by atoms with E-state index < -0.39 is 16.1 Å². The van der Waals surface area contributed by atoms with Crippen molar-refractivity contribution in [2.75, 3.05) is 5.32 Å². The van der Waals surface area contributed by atoms with Crippen molar-refractivity contribution in [2.45, 2.75) is 23.5 Å². The number of ether oxygens (including phenoxy) is 1. The van der Waals surface area contributed by atoms with Crippen molar-refractivity contribution in [1.82, 2.24) is 10.6 Å². The Balaban J connectivity index is 1.99. The topological polar surface area (TPSA) is 62.4 Å². The van der Waals surface area contributed by atoms with Crippen molar-refractivity contribution in [3.05, 3.63) is 62.5 Å². The molecule has 29 heavy (non-hydrogen) atoms. The predicted molar refractivity (Wildman–Crippen MR) is 130 cm³/mol. The quantitative estimate of drug-likeness (QED) is 0.209. The minimum Gasteiger partial charge on any atom is -0.445 e. The Morgan fingerprint density at radius 1 is 1.17 bits per heavy atom. The standard InChI is InChI=1S/C18H16Br2Cl3N3O2S/c1-10-7-12(19)8-13(20)14(10)24-16(29)25-15(18(21,22)23)26-17(27)28-9-11-5-3-2-4-6-11/h2-8,15H,9H2,1H3,(H,26,27)(H2,24,25,29). The molecule has 0 spiro atoms. The molecule has 5 nitrogen and oxygen atoms in total. The molecule has 0 saturated heterocycles. The molecule has 1 amide bonds. The minimum atomic E-state index is -1.89. The van der Waals surface area contributed by atoms with Crippen LogP contribution in [0.5, 0.6) is 0 Å². The molecular weight excluding hydrogens is 588 g/mol. The third-order valence-corrected chi connectivity index (χ3v) is 5.53. The fourth-order valence-electron chi connectivity index (χ4n) is 2.22. The zero-order valence-electron chi connectivity index (χ0n) is 14.9. The highest BCUT2D eigenvalue weighted by atomic mass is 79.9. The number of carbonyl (C=O) groups is 1. The van der Waals surface area contributed by atoms with Crippen molar-refractivity contribution in [3.63, 3.8) is 0 Å². The molecule has 0 saturated carbocycles. The molecule has 0 radical (unpaired) electrons. The SMILES string of the molecule is Cc1cc(Br)cc(Br)c1NC(=S)NC(NC(=O)OCc1ccccc1)C(Cl)(Cl)Cl. The summed E-state index contributed by atoms with van der Waals surface area (Å²) in [5, 5.41) is 8.42. The third-order valence-electron chi connectivity index (χ3n) is 3.57. The lowest BCUT2D eigenvalue weighted by Gasteiger charge is -2.27. The maximum atomic E-state index is 12.1. The van der Waals surface area contributed by atoms with E-state index in [1.807, 2.05) is 49.4 Å². The van der Waals surface area contributed by atoms with Gasteiger partial charge in [-0.05, 0) is 58.3 Å². The molecule has 0 aromatic heterocycles. The van der Waals surface area contributed by atoms with E-state index in [-0.39, 0.29) is 11.7 Å². The Morgan fingerprint density at radius 2 is 1.83 bits per heavy atom. The minimum absolute atomic E-state index is 0.0764. The number of alkyl halides is 3. The molecule has 1 unspecified atom stereocenters. The van der Waals surface area contributed by atoms with Gasteiger partial charge in [-0.1, -0.05) is 81.1 Å². The summed E-state index contributed by atoms with van der Waals surface area (Å²) in [5.41, 5.74) is 2.49. The van der Waals surface area contributed by atoms with Gasteiger partial charge in [0.1, 0.15) is 6.61 Å². The van der Waals surface area contributed by atoms with Crippen molar-refractivity contribution in [3.8, 4) is 0 Å². The van der Waals surface area contributed by atoms with Gasteiger partial charge in [-0.3, -0.25) is 5.32 Å². The third kappa shape index (κ3) is 8.11. The van der Waals surface area contributed by atoms with Gasteiger partial charge in [0.25, 0.3) is 0 Å². The molecule has 2 aromatic rings. The zero-order valence-corrected chi connectivity index (χ0v) is 21.2. The summed E-state index contributed by atoms with van der Waals surface area (Å²) in [5.74, 6) is 0. The first kappa shape index (κ1) is 24.5. The van der Waals surface area contributed by atoms with Gasteiger partial charge in [0.15, 0.2) is 11.3 Å². The summed E-state index contributed by atoms with van der Waals surface area (Å²) in [4.78, 5) is 12.1. The normalized spacial score (nSPS) is 12.1. The molecule has 0 aliphatic rings. The van der Waals surface area contributed by atoms with Gasteiger partial charge >= 0.3 is 6.09 Å². The molecule has 0 bridgehead atoms. The number of nitrogens with one attached hydrogen (secondary N) is 3. The summed E-state index contributed by atoms with van der Waals surface area (Å²) in [7, 11) is 0. The Bertz CT molecular complexity index is 859. The van der Waals surface area contributed by atoms with Crippen LogP contribution in [0.1, 0.15) is 11.1 Å². The van der Waals surface area contributed by atoms with Crippen LogP contribution in [-0.2, 0) is 11.3 Å². The maximum absolute atomic E-state index is 12.1. The first-order chi connectivity index (χ1) is 13.6. The number of anilines is 1. The fraction of sp³-hybridized carbons (Fsp3) is 0.222. The number of carbonyl (C=O) groups excluding carboxylic acids is 1. The fourth-order valence-corrected chi connectivity index (χ4v) is 4.31. The van der Waals surface area contributed by atoms with Crippen molar-refractivity contribution in [1.29, 1.82) is 0 Å². The summed E-state index contributed by atoms with van der Waals surface area (Å²) in [6, 6.07) is 13.0. The second-order valence-electron chi connectivity index (χ2n) is 5.86. The van der Waals surface area contributed by atoms with Crippen LogP contribution < -0.4 is 16.0 Å². The number of hydrogen-bond donors (Lipinski definition) is 3. The van der Waals surface area contributed by atoms with Crippen LogP contribution in [0.15, 0.2) is 51.4 Å². The van der Waals surface area contributed by atoms with E-state index in [1.54, 1.807) is 0 Å². The smallest absolute Gasteiger partial charge is 0.409 e. The molecule has 1 atom stereocenters. The molecule has 0 aliphatic carbocycles. The monoisotopic (exact) mass is 601 g/mol. The summed E-state index contributed by atoms with van der Waals surface area (Å²) < 4.78 is 4.97. The molecule has 2 rings (SSSR count). The Labute approximate surface area is 206 Å². The van der Waals surface area contributed by atoms with E-state index in [0.717, 1.165) is 25.8 Å². The van der Waals surface area contributed by atoms with Gasteiger partial charge in [-0.2, -0.15) is 0 Å². The van der Waals surface area contributed by atoms with Gasteiger partial charge in [-0.15, -0.1) is 0 Å². The molecule has 0 heterocycles. The number of hydrogen-bond acceptors (Lipinski definition) is 3. The highest BCUT2D eigenvalue weighted by Gasteiger charge is 2.35. The van der Waals surface area contributed by atoms with E-state index in [1.165, 1.54) is 0 Å². The summed E-state index contributed by atoms with van der Waals surface area (Å²) in [6.07, 6.45) is -1.90. The molecule has 2 aromatic carbocycles. The van der Waals surface area contributed by atoms with Crippen LogP contribution in [-0.4, -0.2) is 21.2 Å². The molecule has 0 fully saturated rings. The largest absolute Gasteiger partial charge is 0.445 e. The van der Waals surface area contributed by atoms with E-state index in [0.29, 0.717) is 0 Å². The molecule has 156 valence electrons. The van der Waals surface area contributed by atoms with Crippen LogP contribution in [0.4, 0.5) is 10.5 Å². The Hall–Kier alpha value is -0.770. The highest BCUT2D eigenvalue weighted by Crippen LogP contribution is 2.31. The first-order valence-corrected chi connectivity index (χ1v) is 11.3. The van der Waals surface area contributed by atoms with Gasteiger partial charge in [0.2, 0.25) is 3.79 Å².